The van der Waals surface area contributed by atoms with Crippen LogP contribution in [0.3, 0.4) is 0 Å². The average molecular weight is 344 g/mol. The highest BCUT2D eigenvalue weighted by molar-refractivity contribution is 7.09. The molecule has 3 aromatic rings. The molecule has 1 amide bonds. The number of benzene rings is 1. The minimum absolute atomic E-state index is 0.201. The highest BCUT2D eigenvalue weighted by Gasteiger charge is 2.06. The van der Waals surface area contributed by atoms with E-state index in [1.807, 2.05) is 29.6 Å². The Morgan fingerprint density at radius 2 is 2.09 bits per heavy atom. The van der Waals surface area contributed by atoms with Crippen LogP contribution in [0, 0.1) is 0 Å². The summed E-state index contributed by atoms with van der Waals surface area (Å²) in [4.78, 5) is 13.2. The maximum absolute atomic E-state index is 12.0. The summed E-state index contributed by atoms with van der Waals surface area (Å²) in [5.41, 5.74) is 0.914. The molecule has 0 atom stereocenters. The molecule has 1 N–H and O–H groups in total. The summed E-state index contributed by atoms with van der Waals surface area (Å²) in [5, 5.41) is 9.77. The Hall–Kier alpha value is -2.37. The van der Waals surface area contributed by atoms with Gasteiger partial charge < -0.3 is 5.32 Å². The summed E-state index contributed by atoms with van der Waals surface area (Å²) >= 11 is 7.49. The summed E-state index contributed by atoms with van der Waals surface area (Å²) in [7, 11) is 0. The van der Waals surface area contributed by atoms with Crippen LogP contribution in [0.5, 0.6) is 0 Å². The van der Waals surface area contributed by atoms with E-state index < -0.39 is 0 Å². The summed E-state index contributed by atoms with van der Waals surface area (Å²) in [6, 6.07) is 13.1. The zero-order valence-corrected chi connectivity index (χ0v) is 13.7. The van der Waals surface area contributed by atoms with Crippen molar-refractivity contribution in [3.63, 3.8) is 0 Å². The molecule has 0 spiro atoms. The van der Waals surface area contributed by atoms with Gasteiger partial charge in [-0.05, 0) is 35.2 Å². The number of carbonyl (C=O) groups excluding carboxylic acids is 1. The topological polar surface area (TPSA) is 46.9 Å². The van der Waals surface area contributed by atoms with E-state index in [-0.39, 0.29) is 5.91 Å². The van der Waals surface area contributed by atoms with E-state index in [9.17, 15) is 4.79 Å². The molecule has 0 aliphatic heterocycles. The highest BCUT2D eigenvalue weighted by atomic mass is 35.5. The number of carbonyl (C=O) groups is 1. The Balaban J connectivity index is 1.64. The SMILES string of the molecule is O=C(/C=C/c1ccc(Cl)cc1)Nc1ccnn1Cc1cccs1. The smallest absolute Gasteiger partial charge is 0.249 e. The lowest BCUT2D eigenvalue weighted by molar-refractivity contribution is -0.111. The number of halogens is 1. The molecule has 2 heterocycles. The lowest BCUT2D eigenvalue weighted by Gasteiger charge is -2.06. The van der Waals surface area contributed by atoms with Gasteiger partial charge in [-0.25, -0.2) is 4.68 Å². The van der Waals surface area contributed by atoms with E-state index in [1.165, 1.54) is 11.0 Å². The second-order valence-corrected chi connectivity index (χ2v) is 6.30. The van der Waals surface area contributed by atoms with Crippen molar-refractivity contribution < 1.29 is 4.79 Å². The summed E-state index contributed by atoms with van der Waals surface area (Å²) in [6.07, 6.45) is 4.91. The van der Waals surface area contributed by atoms with Gasteiger partial charge in [0.2, 0.25) is 5.91 Å². The number of anilines is 1. The van der Waals surface area contributed by atoms with Crippen LogP contribution < -0.4 is 5.32 Å². The van der Waals surface area contributed by atoms with E-state index in [4.69, 9.17) is 11.6 Å². The Bertz CT molecular complexity index is 807. The minimum Gasteiger partial charge on any atom is -0.307 e. The zero-order chi connectivity index (χ0) is 16.1. The molecule has 1 aromatic carbocycles. The average Bonchev–Trinajstić information content (AvgIpc) is 3.20. The number of rotatable bonds is 5. The molecular weight excluding hydrogens is 330 g/mol. The lowest BCUT2D eigenvalue weighted by Crippen LogP contribution is -2.13. The van der Waals surface area contributed by atoms with Crippen LogP contribution in [0.1, 0.15) is 10.4 Å². The molecule has 0 aliphatic rings. The van der Waals surface area contributed by atoms with Gasteiger partial charge in [0.25, 0.3) is 0 Å². The standard InChI is InChI=1S/C17H14ClN3OS/c18-14-6-3-13(4-7-14)5-8-17(22)20-16-9-10-19-21(16)12-15-2-1-11-23-15/h1-11H,12H2,(H,20,22)/b8-5+. The number of thiophene rings is 1. The summed E-state index contributed by atoms with van der Waals surface area (Å²) in [5.74, 6) is 0.469. The lowest BCUT2D eigenvalue weighted by atomic mass is 10.2. The van der Waals surface area contributed by atoms with Crippen LogP contribution in [-0.2, 0) is 11.3 Å². The van der Waals surface area contributed by atoms with Crippen molar-refractivity contribution in [2.24, 2.45) is 0 Å². The van der Waals surface area contributed by atoms with Gasteiger partial charge in [-0.2, -0.15) is 5.10 Å². The Morgan fingerprint density at radius 3 is 2.83 bits per heavy atom. The van der Waals surface area contributed by atoms with Gasteiger partial charge in [0.1, 0.15) is 5.82 Å². The van der Waals surface area contributed by atoms with Crippen LogP contribution in [0.15, 0.2) is 60.1 Å². The first-order valence-electron chi connectivity index (χ1n) is 6.99. The van der Waals surface area contributed by atoms with Crippen molar-refractivity contribution >= 4 is 40.7 Å². The molecule has 23 heavy (non-hydrogen) atoms. The van der Waals surface area contributed by atoms with Gasteiger partial charge >= 0.3 is 0 Å². The van der Waals surface area contributed by atoms with Crippen molar-refractivity contribution in [2.45, 2.75) is 6.54 Å². The number of hydrogen-bond acceptors (Lipinski definition) is 3. The first-order chi connectivity index (χ1) is 11.2. The van der Waals surface area contributed by atoms with Crippen molar-refractivity contribution in [3.05, 3.63) is 75.6 Å². The van der Waals surface area contributed by atoms with Crippen LogP contribution in [0.2, 0.25) is 5.02 Å². The third-order valence-corrected chi connectivity index (χ3v) is 4.26. The second kappa shape index (κ2) is 7.26. The van der Waals surface area contributed by atoms with E-state index in [1.54, 1.807) is 46.5 Å². The molecule has 0 saturated heterocycles. The predicted octanol–water partition coefficient (Wildman–Crippen LogP) is 4.30. The zero-order valence-electron chi connectivity index (χ0n) is 12.1. The Kier molecular flexibility index (Phi) is 4.90. The molecule has 4 nitrogen and oxygen atoms in total. The maximum Gasteiger partial charge on any atom is 0.249 e. The van der Waals surface area contributed by atoms with Gasteiger partial charge in [-0.1, -0.05) is 29.8 Å². The van der Waals surface area contributed by atoms with E-state index >= 15 is 0 Å². The quantitative estimate of drug-likeness (QED) is 0.702. The molecule has 116 valence electrons. The van der Waals surface area contributed by atoms with Crippen molar-refractivity contribution in [1.29, 1.82) is 0 Å². The third-order valence-electron chi connectivity index (χ3n) is 3.15. The fourth-order valence-corrected chi connectivity index (χ4v) is 2.84. The Labute approximate surface area is 143 Å². The van der Waals surface area contributed by atoms with Crippen LogP contribution in [-0.4, -0.2) is 15.7 Å². The molecule has 3 rings (SSSR count). The molecule has 0 unspecified atom stereocenters. The van der Waals surface area contributed by atoms with Gasteiger partial charge in [0.15, 0.2) is 0 Å². The number of nitrogens with one attached hydrogen (secondary N) is 1. The molecular formula is C17H14ClN3OS. The molecule has 0 radical (unpaired) electrons. The summed E-state index contributed by atoms with van der Waals surface area (Å²) in [6.45, 7) is 0.640. The second-order valence-electron chi connectivity index (χ2n) is 4.83. The highest BCUT2D eigenvalue weighted by Crippen LogP contribution is 2.14. The third kappa shape index (κ3) is 4.31. The molecule has 0 bridgehead atoms. The predicted molar refractivity (Wildman–Crippen MR) is 94.8 cm³/mol. The minimum atomic E-state index is -0.201. The normalized spacial score (nSPS) is 11.0. The largest absolute Gasteiger partial charge is 0.307 e. The van der Waals surface area contributed by atoms with Crippen molar-refractivity contribution in [1.82, 2.24) is 9.78 Å². The van der Waals surface area contributed by atoms with E-state index in [2.05, 4.69) is 10.4 Å². The molecule has 0 aliphatic carbocycles. The van der Waals surface area contributed by atoms with Gasteiger partial charge in [0, 0.05) is 22.0 Å². The number of aromatic nitrogens is 2. The van der Waals surface area contributed by atoms with Gasteiger partial charge in [0.05, 0.1) is 12.7 Å². The first kappa shape index (κ1) is 15.5. The van der Waals surface area contributed by atoms with Crippen molar-refractivity contribution in [2.75, 3.05) is 5.32 Å². The van der Waals surface area contributed by atoms with E-state index in [0.29, 0.717) is 17.4 Å². The monoisotopic (exact) mass is 343 g/mol. The molecule has 2 aromatic heterocycles. The fraction of sp³-hybridized carbons (Fsp3) is 0.0588. The number of nitrogens with zero attached hydrogens (tertiary/aromatic N) is 2. The fourth-order valence-electron chi connectivity index (χ4n) is 2.03. The van der Waals surface area contributed by atoms with Crippen LogP contribution in [0.4, 0.5) is 5.82 Å². The van der Waals surface area contributed by atoms with Crippen LogP contribution >= 0.6 is 22.9 Å². The van der Waals surface area contributed by atoms with Gasteiger partial charge in [-0.15, -0.1) is 11.3 Å². The van der Waals surface area contributed by atoms with Crippen LogP contribution in [0.25, 0.3) is 6.08 Å². The molecule has 0 fully saturated rings. The maximum atomic E-state index is 12.0. The number of hydrogen-bond donors (Lipinski definition) is 1. The molecule has 0 saturated carbocycles. The Morgan fingerprint density at radius 1 is 1.26 bits per heavy atom. The summed E-state index contributed by atoms with van der Waals surface area (Å²) < 4.78 is 1.76. The van der Waals surface area contributed by atoms with E-state index in [0.717, 1.165) is 5.56 Å². The molecule has 6 heteroatoms. The number of amides is 1. The van der Waals surface area contributed by atoms with Crippen molar-refractivity contribution in [3.8, 4) is 0 Å². The van der Waals surface area contributed by atoms with Gasteiger partial charge in [-0.3, -0.25) is 4.79 Å². The first-order valence-corrected chi connectivity index (χ1v) is 8.25.